The van der Waals surface area contributed by atoms with Gasteiger partial charge in [0.15, 0.2) is 5.76 Å². The number of rotatable bonds is 2. The number of aromatic nitrogens is 4. The van der Waals surface area contributed by atoms with E-state index < -0.39 is 0 Å². The van der Waals surface area contributed by atoms with E-state index in [0.717, 1.165) is 44.6 Å². The van der Waals surface area contributed by atoms with Crippen LogP contribution in [-0.2, 0) is 14.1 Å². The van der Waals surface area contributed by atoms with Gasteiger partial charge in [0, 0.05) is 48.8 Å². The van der Waals surface area contributed by atoms with Crippen molar-refractivity contribution in [1.29, 1.82) is 0 Å². The molecule has 24 heavy (non-hydrogen) atoms. The molecular weight excluding hydrogens is 304 g/mol. The number of benzene rings is 1. The fraction of sp³-hybridized carbons (Fsp3) is 0.111. The summed E-state index contributed by atoms with van der Waals surface area (Å²) in [4.78, 5) is 8.82. The summed E-state index contributed by atoms with van der Waals surface area (Å²) in [6.07, 6.45) is 10.9. The predicted molar refractivity (Wildman–Crippen MR) is 90.4 cm³/mol. The molecule has 4 heterocycles. The minimum atomic E-state index is 0.763. The van der Waals surface area contributed by atoms with E-state index in [2.05, 4.69) is 16.0 Å². The lowest BCUT2D eigenvalue weighted by Crippen LogP contribution is -1.89. The van der Waals surface area contributed by atoms with Gasteiger partial charge in [-0.1, -0.05) is 0 Å². The first-order valence-electron chi connectivity index (χ1n) is 7.59. The molecule has 6 nitrogen and oxygen atoms in total. The first-order chi connectivity index (χ1) is 11.7. The van der Waals surface area contributed by atoms with Crippen molar-refractivity contribution in [3.63, 3.8) is 0 Å². The summed E-state index contributed by atoms with van der Waals surface area (Å²) in [6.45, 7) is 0. The Labute approximate surface area is 137 Å². The molecule has 5 rings (SSSR count). The van der Waals surface area contributed by atoms with E-state index in [1.807, 2.05) is 41.7 Å². The van der Waals surface area contributed by atoms with Gasteiger partial charge in [0.1, 0.15) is 23.4 Å². The van der Waals surface area contributed by atoms with Crippen LogP contribution in [0.3, 0.4) is 0 Å². The third kappa shape index (κ3) is 1.76. The maximum atomic E-state index is 5.77. The molecule has 6 heteroatoms. The standard InChI is InChI=1S/C18H14N4O2/c1-21-7-15(20-10-21)17-12-6-13-14(18-19-3-4-22(18)2)9-23-16(13)5-11(12)8-24-17/h3-10H,1-2H3. The summed E-state index contributed by atoms with van der Waals surface area (Å²) in [5, 5.41) is 3.01. The van der Waals surface area contributed by atoms with Gasteiger partial charge in [0.2, 0.25) is 0 Å². The van der Waals surface area contributed by atoms with Crippen molar-refractivity contribution in [3.05, 3.63) is 49.6 Å². The lowest BCUT2D eigenvalue weighted by Gasteiger charge is -1.99. The molecule has 118 valence electrons. The fourth-order valence-corrected chi connectivity index (χ4v) is 3.10. The molecule has 0 aliphatic rings. The van der Waals surface area contributed by atoms with E-state index in [9.17, 15) is 0 Å². The minimum absolute atomic E-state index is 0.763. The van der Waals surface area contributed by atoms with Gasteiger partial charge in [-0.25, -0.2) is 9.97 Å². The SMILES string of the molecule is Cn1cnc(-c2occ3cc4occ(-c5nccn5C)c4cc23)c1. The monoisotopic (exact) mass is 318 g/mol. The second-order valence-corrected chi connectivity index (χ2v) is 5.94. The first-order valence-corrected chi connectivity index (χ1v) is 7.59. The van der Waals surface area contributed by atoms with Gasteiger partial charge < -0.3 is 18.0 Å². The molecule has 0 saturated heterocycles. The zero-order chi connectivity index (χ0) is 16.3. The highest BCUT2D eigenvalue weighted by Gasteiger charge is 2.17. The predicted octanol–water partition coefficient (Wildman–Crippen LogP) is 3.98. The fourth-order valence-electron chi connectivity index (χ4n) is 3.10. The lowest BCUT2D eigenvalue weighted by molar-refractivity contribution is 0.585. The van der Waals surface area contributed by atoms with Gasteiger partial charge >= 0.3 is 0 Å². The zero-order valence-corrected chi connectivity index (χ0v) is 13.2. The van der Waals surface area contributed by atoms with Crippen LogP contribution < -0.4 is 0 Å². The number of furan rings is 2. The van der Waals surface area contributed by atoms with Crippen LogP contribution in [0.4, 0.5) is 0 Å². The summed E-state index contributed by atoms with van der Waals surface area (Å²) in [7, 11) is 3.91. The van der Waals surface area contributed by atoms with E-state index in [4.69, 9.17) is 8.83 Å². The Morgan fingerprint density at radius 2 is 1.92 bits per heavy atom. The average Bonchev–Trinajstić information content (AvgIpc) is 3.31. The first kappa shape index (κ1) is 13.2. The normalized spacial score (nSPS) is 11.8. The maximum Gasteiger partial charge on any atom is 0.161 e. The molecule has 0 atom stereocenters. The van der Waals surface area contributed by atoms with E-state index in [1.54, 1.807) is 25.1 Å². The molecule has 0 fully saturated rings. The molecular formula is C18H14N4O2. The van der Waals surface area contributed by atoms with Crippen LogP contribution in [0.25, 0.3) is 44.6 Å². The Hall–Kier alpha value is -3.28. The van der Waals surface area contributed by atoms with Crippen molar-refractivity contribution in [1.82, 2.24) is 19.1 Å². The molecule has 0 unspecified atom stereocenters. The molecule has 4 aromatic heterocycles. The van der Waals surface area contributed by atoms with Crippen molar-refractivity contribution in [2.24, 2.45) is 14.1 Å². The topological polar surface area (TPSA) is 61.9 Å². The Bertz CT molecular complexity index is 1190. The van der Waals surface area contributed by atoms with Gasteiger partial charge in [-0.2, -0.15) is 0 Å². The summed E-state index contributed by atoms with van der Waals surface area (Å²) in [6, 6.07) is 4.08. The molecule has 5 aromatic rings. The van der Waals surface area contributed by atoms with Crippen molar-refractivity contribution in [2.75, 3.05) is 0 Å². The minimum Gasteiger partial charge on any atom is -0.464 e. The van der Waals surface area contributed by atoms with Gasteiger partial charge in [-0.3, -0.25) is 0 Å². The third-order valence-electron chi connectivity index (χ3n) is 4.29. The highest BCUT2D eigenvalue weighted by Crippen LogP contribution is 2.37. The van der Waals surface area contributed by atoms with Gasteiger partial charge in [0.25, 0.3) is 0 Å². The van der Waals surface area contributed by atoms with Crippen molar-refractivity contribution < 1.29 is 8.83 Å². The van der Waals surface area contributed by atoms with Crippen LogP contribution in [-0.4, -0.2) is 19.1 Å². The van der Waals surface area contributed by atoms with E-state index >= 15 is 0 Å². The largest absolute Gasteiger partial charge is 0.464 e. The summed E-state index contributed by atoms with van der Waals surface area (Å²) in [5.74, 6) is 1.63. The van der Waals surface area contributed by atoms with E-state index in [1.165, 1.54) is 0 Å². The quantitative estimate of drug-likeness (QED) is 0.494. The van der Waals surface area contributed by atoms with Gasteiger partial charge in [-0.15, -0.1) is 0 Å². The van der Waals surface area contributed by atoms with Crippen LogP contribution in [0.1, 0.15) is 0 Å². The van der Waals surface area contributed by atoms with Crippen LogP contribution >= 0.6 is 0 Å². The number of hydrogen-bond acceptors (Lipinski definition) is 4. The Morgan fingerprint density at radius 1 is 1.00 bits per heavy atom. The highest BCUT2D eigenvalue weighted by molar-refractivity contribution is 6.05. The zero-order valence-electron chi connectivity index (χ0n) is 13.2. The van der Waals surface area contributed by atoms with Crippen LogP contribution in [0.2, 0.25) is 0 Å². The van der Waals surface area contributed by atoms with E-state index in [-0.39, 0.29) is 0 Å². The smallest absolute Gasteiger partial charge is 0.161 e. The second-order valence-electron chi connectivity index (χ2n) is 5.94. The molecule has 0 N–H and O–H groups in total. The summed E-state index contributed by atoms with van der Waals surface area (Å²) in [5.41, 5.74) is 2.59. The summed E-state index contributed by atoms with van der Waals surface area (Å²) < 4.78 is 15.4. The van der Waals surface area contributed by atoms with Crippen molar-refractivity contribution >= 4 is 21.7 Å². The average molecular weight is 318 g/mol. The Balaban J connectivity index is 1.80. The molecule has 0 aliphatic heterocycles. The van der Waals surface area contributed by atoms with Crippen LogP contribution in [0.15, 0.2) is 58.4 Å². The Morgan fingerprint density at radius 3 is 2.67 bits per heavy atom. The molecule has 1 aromatic carbocycles. The van der Waals surface area contributed by atoms with Crippen LogP contribution in [0, 0.1) is 0 Å². The lowest BCUT2D eigenvalue weighted by atomic mass is 10.1. The highest BCUT2D eigenvalue weighted by atomic mass is 16.3. The number of nitrogens with zero attached hydrogens (tertiary/aromatic N) is 4. The Kier molecular flexibility index (Phi) is 2.53. The second kappa shape index (κ2) is 4.61. The molecule has 0 aliphatic carbocycles. The summed E-state index contributed by atoms with van der Waals surface area (Å²) >= 11 is 0. The van der Waals surface area contributed by atoms with Gasteiger partial charge in [0.05, 0.1) is 18.2 Å². The number of aryl methyl sites for hydroxylation is 2. The van der Waals surface area contributed by atoms with Crippen molar-refractivity contribution in [3.8, 4) is 22.8 Å². The number of fused-ring (bicyclic) bond motifs is 2. The maximum absolute atomic E-state index is 5.77. The van der Waals surface area contributed by atoms with Crippen LogP contribution in [0.5, 0.6) is 0 Å². The number of imidazole rings is 2. The van der Waals surface area contributed by atoms with Crippen molar-refractivity contribution in [2.45, 2.75) is 0 Å². The molecule has 0 saturated carbocycles. The third-order valence-corrected chi connectivity index (χ3v) is 4.29. The molecule has 0 radical (unpaired) electrons. The molecule has 0 bridgehead atoms. The molecule has 0 amide bonds. The van der Waals surface area contributed by atoms with Gasteiger partial charge in [-0.05, 0) is 12.1 Å². The number of hydrogen-bond donors (Lipinski definition) is 0. The van der Waals surface area contributed by atoms with E-state index in [0.29, 0.717) is 0 Å². The molecule has 0 spiro atoms.